The SMILES string of the molecule is Nc1ccc2c3ccc(C(=O)O)c4c(C(=O)NC5CCCCC5)ccc(c5cccc1c25)c43. The third-order valence-corrected chi connectivity index (χ3v) is 7.23. The molecule has 6 rings (SSSR count). The average Bonchev–Trinajstić information content (AvgIpc) is 2.83. The van der Waals surface area contributed by atoms with Crippen molar-refractivity contribution in [2.75, 3.05) is 5.73 Å². The molecule has 5 heteroatoms. The number of fused-ring (bicyclic) bond motifs is 2. The Balaban J connectivity index is 1.70. The van der Waals surface area contributed by atoms with Crippen LogP contribution in [0.1, 0.15) is 52.8 Å². The quantitative estimate of drug-likeness (QED) is 0.182. The molecule has 1 amide bonds. The van der Waals surface area contributed by atoms with E-state index in [0.29, 0.717) is 16.6 Å². The lowest BCUT2D eigenvalue weighted by molar-refractivity contribution is 0.0699. The summed E-state index contributed by atoms with van der Waals surface area (Å²) >= 11 is 0. The van der Waals surface area contributed by atoms with Gasteiger partial charge in [0.1, 0.15) is 0 Å². The molecule has 0 radical (unpaired) electrons. The number of benzene rings is 5. The summed E-state index contributed by atoms with van der Waals surface area (Å²) in [5, 5.41) is 20.4. The Hall–Kier alpha value is -3.86. The van der Waals surface area contributed by atoms with Gasteiger partial charge in [-0.05, 0) is 63.4 Å². The second kappa shape index (κ2) is 7.34. The number of carbonyl (C=O) groups is 2. The van der Waals surface area contributed by atoms with Crippen LogP contribution in [0.5, 0.6) is 0 Å². The number of carboxylic acids is 1. The van der Waals surface area contributed by atoms with E-state index < -0.39 is 5.97 Å². The van der Waals surface area contributed by atoms with Crippen molar-refractivity contribution < 1.29 is 14.7 Å². The van der Waals surface area contributed by atoms with Crippen LogP contribution in [0.15, 0.2) is 54.6 Å². The number of anilines is 1. The highest BCUT2D eigenvalue weighted by atomic mass is 16.4. The maximum atomic E-state index is 13.4. The molecule has 5 aromatic carbocycles. The Morgan fingerprint density at radius 2 is 1.33 bits per heavy atom. The molecule has 4 N–H and O–H groups in total. The second-order valence-corrected chi connectivity index (χ2v) is 9.12. The summed E-state index contributed by atoms with van der Waals surface area (Å²) in [4.78, 5) is 25.6. The monoisotopic (exact) mass is 436 g/mol. The summed E-state index contributed by atoms with van der Waals surface area (Å²) < 4.78 is 0. The number of nitrogen functional groups attached to an aromatic ring is 1. The molecule has 5 nitrogen and oxygen atoms in total. The highest BCUT2D eigenvalue weighted by Gasteiger charge is 2.24. The topological polar surface area (TPSA) is 92.4 Å². The second-order valence-electron chi connectivity index (χ2n) is 9.12. The normalized spacial score (nSPS) is 15.0. The minimum Gasteiger partial charge on any atom is -0.478 e. The number of hydrogen-bond acceptors (Lipinski definition) is 3. The van der Waals surface area contributed by atoms with E-state index >= 15 is 0 Å². The molecule has 1 saturated carbocycles. The van der Waals surface area contributed by atoms with Crippen molar-refractivity contribution in [3.05, 3.63) is 65.7 Å². The van der Waals surface area contributed by atoms with Gasteiger partial charge in [0.05, 0.1) is 5.56 Å². The van der Waals surface area contributed by atoms with Gasteiger partial charge in [-0.15, -0.1) is 0 Å². The maximum Gasteiger partial charge on any atom is 0.336 e. The molecule has 164 valence electrons. The van der Waals surface area contributed by atoms with E-state index in [1.165, 1.54) is 6.42 Å². The summed E-state index contributed by atoms with van der Waals surface area (Å²) in [6.07, 6.45) is 5.36. The molecule has 0 bridgehead atoms. The van der Waals surface area contributed by atoms with Crippen LogP contribution < -0.4 is 11.1 Å². The number of carboxylic acid groups (broad SMARTS) is 1. The predicted octanol–water partition coefficient (Wildman–Crippen LogP) is 6.08. The largest absolute Gasteiger partial charge is 0.478 e. The highest BCUT2D eigenvalue weighted by Crippen LogP contribution is 2.43. The van der Waals surface area contributed by atoms with E-state index in [2.05, 4.69) is 5.32 Å². The van der Waals surface area contributed by atoms with Gasteiger partial charge in [0.25, 0.3) is 5.91 Å². The predicted molar refractivity (Wildman–Crippen MR) is 133 cm³/mol. The van der Waals surface area contributed by atoms with Crippen molar-refractivity contribution in [1.82, 2.24) is 5.32 Å². The van der Waals surface area contributed by atoms with E-state index in [9.17, 15) is 14.7 Å². The van der Waals surface area contributed by atoms with E-state index in [0.717, 1.165) is 63.4 Å². The molecular weight excluding hydrogens is 412 g/mol. The minimum absolute atomic E-state index is 0.141. The van der Waals surface area contributed by atoms with Crippen molar-refractivity contribution >= 4 is 60.7 Å². The van der Waals surface area contributed by atoms with Crippen LogP contribution in [0.25, 0.3) is 43.1 Å². The number of hydrogen-bond donors (Lipinski definition) is 3. The number of nitrogens with two attached hydrogens (primary N) is 1. The van der Waals surface area contributed by atoms with Crippen molar-refractivity contribution in [3.8, 4) is 0 Å². The summed E-state index contributed by atoms with van der Waals surface area (Å²) in [5.41, 5.74) is 7.55. The minimum atomic E-state index is -1.04. The Labute approximate surface area is 190 Å². The lowest BCUT2D eigenvalue weighted by Crippen LogP contribution is -2.36. The molecule has 1 aliphatic carbocycles. The van der Waals surface area contributed by atoms with Crippen LogP contribution >= 0.6 is 0 Å². The third kappa shape index (κ3) is 2.92. The first-order valence-corrected chi connectivity index (χ1v) is 11.5. The Morgan fingerprint density at radius 3 is 2.06 bits per heavy atom. The van der Waals surface area contributed by atoms with Crippen LogP contribution in [0.4, 0.5) is 5.69 Å². The van der Waals surface area contributed by atoms with Crippen LogP contribution in [0.2, 0.25) is 0 Å². The molecule has 1 aliphatic rings. The number of rotatable bonds is 3. The summed E-state index contributed by atoms with van der Waals surface area (Å²) in [6.45, 7) is 0. The molecule has 33 heavy (non-hydrogen) atoms. The fourth-order valence-electron chi connectivity index (χ4n) is 5.70. The zero-order valence-corrected chi connectivity index (χ0v) is 18.2. The molecule has 0 saturated heterocycles. The first kappa shape index (κ1) is 19.8. The van der Waals surface area contributed by atoms with Crippen molar-refractivity contribution in [1.29, 1.82) is 0 Å². The molecular formula is C28H24N2O3. The van der Waals surface area contributed by atoms with Gasteiger partial charge in [0.15, 0.2) is 0 Å². The molecule has 0 unspecified atom stereocenters. The number of carbonyl (C=O) groups excluding carboxylic acids is 1. The number of nitrogens with one attached hydrogen (secondary N) is 1. The first-order chi connectivity index (χ1) is 16.0. The van der Waals surface area contributed by atoms with Gasteiger partial charge < -0.3 is 16.2 Å². The maximum absolute atomic E-state index is 13.4. The van der Waals surface area contributed by atoms with Crippen molar-refractivity contribution in [3.63, 3.8) is 0 Å². The Morgan fingerprint density at radius 1 is 0.727 bits per heavy atom. The van der Waals surface area contributed by atoms with Crippen molar-refractivity contribution in [2.45, 2.75) is 38.1 Å². The summed E-state index contributed by atoms with van der Waals surface area (Å²) in [7, 11) is 0. The van der Waals surface area contributed by atoms with Crippen LogP contribution in [0, 0.1) is 0 Å². The van der Waals surface area contributed by atoms with E-state index in [4.69, 9.17) is 5.73 Å². The molecule has 0 aliphatic heterocycles. The van der Waals surface area contributed by atoms with Crippen molar-refractivity contribution in [2.24, 2.45) is 0 Å². The summed E-state index contributed by atoms with van der Waals surface area (Å²) in [5.74, 6) is -1.24. The fraction of sp³-hybridized carbons (Fsp3) is 0.214. The molecule has 0 heterocycles. The lowest BCUT2D eigenvalue weighted by Gasteiger charge is -2.24. The van der Waals surface area contributed by atoms with Gasteiger partial charge in [-0.3, -0.25) is 4.79 Å². The molecule has 0 spiro atoms. The Kier molecular flexibility index (Phi) is 4.40. The lowest BCUT2D eigenvalue weighted by atomic mass is 9.86. The van der Waals surface area contributed by atoms with Crippen LogP contribution in [-0.2, 0) is 0 Å². The van der Waals surface area contributed by atoms with E-state index in [1.54, 1.807) is 12.1 Å². The third-order valence-electron chi connectivity index (χ3n) is 7.23. The van der Waals surface area contributed by atoms with Crippen LogP contribution in [0.3, 0.4) is 0 Å². The zero-order valence-electron chi connectivity index (χ0n) is 18.2. The van der Waals surface area contributed by atoms with Gasteiger partial charge in [0.2, 0.25) is 0 Å². The Bertz CT molecular complexity index is 1560. The summed E-state index contributed by atoms with van der Waals surface area (Å²) in [6, 6.07) is 17.3. The van der Waals surface area contributed by atoms with Gasteiger partial charge in [-0.1, -0.05) is 55.7 Å². The first-order valence-electron chi connectivity index (χ1n) is 11.5. The molecule has 0 atom stereocenters. The molecule has 0 aromatic heterocycles. The van der Waals surface area contributed by atoms with Gasteiger partial charge in [-0.25, -0.2) is 4.79 Å². The zero-order chi connectivity index (χ0) is 22.7. The number of amides is 1. The van der Waals surface area contributed by atoms with Gasteiger partial charge in [0, 0.05) is 28.1 Å². The van der Waals surface area contributed by atoms with Crippen LogP contribution in [-0.4, -0.2) is 23.0 Å². The molecule has 1 fully saturated rings. The van der Waals surface area contributed by atoms with E-state index in [1.807, 2.05) is 42.5 Å². The fourth-order valence-corrected chi connectivity index (χ4v) is 5.70. The van der Waals surface area contributed by atoms with Gasteiger partial charge in [-0.2, -0.15) is 0 Å². The highest BCUT2D eigenvalue weighted by molar-refractivity contribution is 6.36. The average molecular weight is 437 g/mol. The number of aromatic carboxylic acids is 1. The smallest absolute Gasteiger partial charge is 0.336 e. The molecule has 5 aromatic rings. The van der Waals surface area contributed by atoms with Gasteiger partial charge >= 0.3 is 5.97 Å². The standard InChI is InChI=1S/C28H24N2O3/c29-23-14-13-17-19-10-12-22(28(32)33)26-21(27(31)30-15-5-2-1-3-6-15)11-9-18(25(19)26)16-7-4-8-20(23)24(16)17/h4,7-15H,1-3,5-6,29H2,(H,30,31)(H,32,33). The van der Waals surface area contributed by atoms with E-state index in [-0.39, 0.29) is 17.5 Å².